The van der Waals surface area contributed by atoms with E-state index in [1.807, 2.05) is 6.92 Å². The number of H-pyrrole nitrogens is 1. The van der Waals surface area contributed by atoms with Crippen LogP contribution < -0.4 is 0 Å². The van der Waals surface area contributed by atoms with Crippen molar-refractivity contribution >= 4 is 46.4 Å². The smallest absolute Gasteiger partial charge is 0.189 e. The average Bonchev–Trinajstić information content (AvgIpc) is 3.01. The number of hydrogen-bond donors (Lipinski definition) is 1. The van der Waals surface area contributed by atoms with E-state index < -0.39 is 0 Å². The van der Waals surface area contributed by atoms with Crippen molar-refractivity contribution in [3.05, 3.63) is 22.5 Å². The van der Waals surface area contributed by atoms with E-state index in [1.54, 1.807) is 18.7 Å². The first-order valence-electron chi connectivity index (χ1n) is 6.76. The van der Waals surface area contributed by atoms with E-state index in [1.165, 1.54) is 30.0 Å². The largest absolute Gasteiger partial charge is 0.355 e. The number of carbonyl (C=O) groups is 2. The van der Waals surface area contributed by atoms with Crippen LogP contribution in [0.4, 0.5) is 0 Å². The minimum absolute atomic E-state index is 0.0247. The van der Waals surface area contributed by atoms with E-state index in [0.29, 0.717) is 11.3 Å². The van der Waals surface area contributed by atoms with Crippen LogP contribution in [0.25, 0.3) is 0 Å². The fraction of sp³-hybridized carbons (Fsp3) is 0.429. The molecule has 0 saturated carbocycles. The SMILES string of the molecule is CCSc1nnc(SCC(=O)c2[nH]c(C)c(C(C)=O)c2C)s1. The molecule has 0 radical (unpaired) electrons. The molecule has 0 amide bonds. The summed E-state index contributed by atoms with van der Waals surface area (Å²) < 4.78 is 1.71. The molecule has 1 N–H and O–H groups in total. The Morgan fingerprint density at radius 1 is 1.18 bits per heavy atom. The number of Topliss-reactive ketones (excluding diaryl/α,β-unsaturated/α-hetero) is 2. The van der Waals surface area contributed by atoms with Gasteiger partial charge in [-0.25, -0.2) is 0 Å². The van der Waals surface area contributed by atoms with Crippen LogP contribution in [-0.4, -0.2) is 38.3 Å². The van der Waals surface area contributed by atoms with Crippen molar-refractivity contribution in [1.29, 1.82) is 0 Å². The third kappa shape index (κ3) is 3.80. The van der Waals surface area contributed by atoms with Gasteiger partial charge in [0.05, 0.1) is 11.4 Å². The molecule has 2 heterocycles. The Kier molecular flexibility index (Phi) is 5.82. The van der Waals surface area contributed by atoms with Crippen LogP contribution in [0, 0.1) is 13.8 Å². The molecule has 0 atom stereocenters. The summed E-state index contributed by atoms with van der Waals surface area (Å²) in [5.74, 6) is 1.18. The number of nitrogens with one attached hydrogen (secondary N) is 1. The highest BCUT2D eigenvalue weighted by Gasteiger charge is 2.20. The van der Waals surface area contributed by atoms with Gasteiger partial charge >= 0.3 is 0 Å². The molecule has 22 heavy (non-hydrogen) atoms. The molecule has 0 unspecified atom stereocenters. The molecule has 2 aromatic rings. The third-order valence-corrected chi connectivity index (χ3v) is 6.12. The fourth-order valence-electron chi connectivity index (χ4n) is 2.19. The number of aryl methyl sites for hydroxylation is 1. The predicted octanol–water partition coefficient (Wildman–Crippen LogP) is 3.77. The van der Waals surface area contributed by atoms with Crippen molar-refractivity contribution in [3.63, 3.8) is 0 Å². The molecular formula is C14H17N3O2S3. The zero-order valence-electron chi connectivity index (χ0n) is 12.8. The number of aromatic nitrogens is 3. The van der Waals surface area contributed by atoms with Gasteiger partial charge in [0.1, 0.15) is 0 Å². The molecule has 0 aliphatic carbocycles. The number of carbonyl (C=O) groups excluding carboxylic acids is 2. The van der Waals surface area contributed by atoms with E-state index in [2.05, 4.69) is 22.1 Å². The number of thioether (sulfide) groups is 2. The Labute approximate surface area is 141 Å². The van der Waals surface area contributed by atoms with E-state index >= 15 is 0 Å². The third-order valence-electron chi connectivity index (χ3n) is 3.05. The molecule has 0 aliphatic rings. The predicted molar refractivity (Wildman–Crippen MR) is 91.6 cm³/mol. The van der Waals surface area contributed by atoms with Crippen LogP contribution in [0.2, 0.25) is 0 Å². The number of rotatable bonds is 7. The molecule has 0 spiro atoms. The summed E-state index contributed by atoms with van der Waals surface area (Å²) in [6.07, 6.45) is 0. The van der Waals surface area contributed by atoms with Crippen LogP contribution in [0.15, 0.2) is 8.68 Å². The van der Waals surface area contributed by atoms with Gasteiger partial charge in [0, 0.05) is 11.3 Å². The molecule has 5 nitrogen and oxygen atoms in total. The van der Waals surface area contributed by atoms with E-state index in [4.69, 9.17) is 0 Å². The van der Waals surface area contributed by atoms with Crippen molar-refractivity contribution in [2.24, 2.45) is 0 Å². The highest BCUT2D eigenvalue weighted by molar-refractivity contribution is 8.03. The van der Waals surface area contributed by atoms with Gasteiger partial charge in [-0.15, -0.1) is 10.2 Å². The second-order valence-corrected chi connectivity index (χ2v) is 8.37. The Bertz CT molecular complexity index is 706. The van der Waals surface area contributed by atoms with Crippen molar-refractivity contribution in [2.45, 2.75) is 36.4 Å². The van der Waals surface area contributed by atoms with Gasteiger partial charge in [-0.1, -0.05) is 41.8 Å². The van der Waals surface area contributed by atoms with Gasteiger partial charge < -0.3 is 4.98 Å². The summed E-state index contributed by atoms with van der Waals surface area (Å²) >= 11 is 4.52. The molecule has 0 bridgehead atoms. The maximum atomic E-state index is 12.3. The van der Waals surface area contributed by atoms with E-state index in [-0.39, 0.29) is 17.3 Å². The lowest BCUT2D eigenvalue weighted by Gasteiger charge is -1.99. The van der Waals surface area contributed by atoms with Crippen LogP contribution in [0.3, 0.4) is 0 Å². The summed E-state index contributed by atoms with van der Waals surface area (Å²) in [6, 6.07) is 0. The lowest BCUT2D eigenvalue weighted by atomic mass is 10.1. The zero-order chi connectivity index (χ0) is 16.3. The normalized spacial score (nSPS) is 10.9. The quantitative estimate of drug-likeness (QED) is 0.602. The fourth-order valence-corrected chi connectivity index (χ4v) is 4.98. The summed E-state index contributed by atoms with van der Waals surface area (Å²) in [5.41, 5.74) is 2.61. The highest BCUT2D eigenvalue weighted by Crippen LogP contribution is 2.29. The van der Waals surface area contributed by atoms with Gasteiger partial charge in [0.2, 0.25) is 0 Å². The summed E-state index contributed by atoms with van der Waals surface area (Å²) in [7, 11) is 0. The second kappa shape index (κ2) is 7.43. The van der Waals surface area contributed by atoms with Crippen LogP contribution in [0.5, 0.6) is 0 Å². The number of aromatic amines is 1. The Balaban J connectivity index is 2.06. The van der Waals surface area contributed by atoms with Gasteiger partial charge in [-0.3, -0.25) is 9.59 Å². The number of nitrogens with zero attached hydrogens (tertiary/aromatic N) is 2. The number of ketones is 2. The molecule has 0 aliphatic heterocycles. The van der Waals surface area contributed by atoms with Crippen LogP contribution in [0.1, 0.15) is 46.0 Å². The molecular weight excluding hydrogens is 338 g/mol. The van der Waals surface area contributed by atoms with Crippen molar-refractivity contribution in [2.75, 3.05) is 11.5 Å². The minimum atomic E-state index is -0.0296. The summed E-state index contributed by atoms with van der Waals surface area (Å²) in [6.45, 7) is 7.19. The standard InChI is InChI=1S/C14H17N3O2S3/c1-5-20-13-16-17-14(22-13)21-6-10(19)12-7(2)11(9(4)18)8(3)15-12/h15H,5-6H2,1-4H3. The molecule has 2 rings (SSSR count). The van der Waals surface area contributed by atoms with E-state index in [0.717, 1.165) is 25.7 Å². The minimum Gasteiger partial charge on any atom is -0.355 e. The van der Waals surface area contributed by atoms with Crippen molar-refractivity contribution < 1.29 is 9.59 Å². The molecule has 0 saturated heterocycles. The van der Waals surface area contributed by atoms with Crippen LogP contribution in [-0.2, 0) is 0 Å². The van der Waals surface area contributed by atoms with E-state index in [9.17, 15) is 9.59 Å². The lowest BCUT2D eigenvalue weighted by molar-refractivity contribution is 0.101. The lowest BCUT2D eigenvalue weighted by Crippen LogP contribution is -2.05. The second-order valence-electron chi connectivity index (χ2n) is 4.66. The van der Waals surface area contributed by atoms with Crippen molar-refractivity contribution in [1.82, 2.24) is 15.2 Å². The maximum Gasteiger partial charge on any atom is 0.189 e. The Morgan fingerprint density at radius 3 is 2.36 bits per heavy atom. The van der Waals surface area contributed by atoms with Gasteiger partial charge in [0.15, 0.2) is 20.2 Å². The average molecular weight is 356 g/mol. The van der Waals surface area contributed by atoms with Gasteiger partial charge in [-0.05, 0) is 32.1 Å². The Hall–Kier alpha value is -1.12. The molecule has 118 valence electrons. The topological polar surface area (TPSA) is 75.7 Å². The Morgan fingerprint density at radius 2 is 1.82 bits per heavy atom. The zero-order valence-corrected chi connectivity index (χ0v) is 15.3. The number of hydrogen-bond acceptors (Lipinski definition) is 7. The molecule has 2 aromatic heterocycles. The monoisotopic (exact) mass is 355 g/mol. The van der Waals surface area contributed by atoms with Crippen LogP contribution >= 0.6 is 34.9 Å². The summed E-state index contributed by atoms with van der Waals surface area (Å²) in [4.78, 5) is 27.0. The molecule has 8 heteroatoms. The summed E-state index contributed by atoms with van der Waals surface area (Å²) in [5, 5.41) is 8.13. The highest BCUT2D eigenvalue weighted by atomic mass is 32.2. The maximum absolute atomic E-state index is 12.3. The van der Waals surface area contributed by atoms with Gasteiger partial charge in [-0.2, -0.15) is 0 Å². The first-order valence-corrected chi connectivity index (χ1v) is 9.55. The first-order chi connectivity index (χ1) is 10.4. The van der Waals surface area contributed by atoms with Crippen molar-refractivity contribution in [3.8, 4) is 0 Å². The first kappa shape index (κ1) is 17.2. The van der Waals surface area contributed by atoms with Gasteiger partial charge in [0.25, 0.3) is 0 Å². The molecule has 0 aromatic carbocycles. The molecule has 0 fully saturated rings.